The van der Waals surface area contributed by atoms with E-state index in [1.165, 1.54) is 31.4 Å². The van der Waals surface area contributed by atoms with Crippen LogP contribution in [0.3, 0.4) is 0 Å². The second-order valence-corrected chi connectivity index (χ2v) is 5.03. The molecule has 1 heterocycles. The summed E-state index contributed by atoms with van der Waals surface area (Å²) in [5.74, 6) is 0. The van der Waals surface area contributed by atoms with Gasteiger partial charge in [0.1, 0.15) is 5.54 Å². The third-order valence-corrected chi connectivity index (χ3v) is 3.64. The van der Waals surface area contributed by atoms with Crippen LogP contribution in [0, 0.1) is 0 Å². The molecule has 1 saturated carbocycles. The van der Waals surface area contributed by atoms with Crippen LogP contribution >= 0.6 is 0 Å². The first-order valence-corrected chi connectivity index (χ1v) is 5.84. The van der Waals surface area contributed by atoms with Crippen molar-refractivity contribution in [2.75, 3.05) is 0 Å². The minimum atomic E-state index is 0.221. The number of azo groups is 2. The maximum atomic E-state index is 4.89. The summed E-state index contributed by atoms with van der Waals surface area (Å²) in [7, 11) is 0. The highest BCUT2D eigenvalue weighted by Crippen LogP contribution is 2.41. The highest BCUT2D eigenvalue weighted by molar-refractivity contribution is 5.28. The van der Waals surface area contributed by atoms with Crippen LogP contribution < -0.4 is 0 Å². The monoisotopic (exact) mass is 201 g/mol. The maximum Gasteiger partial charge on any atom is 0.231 e. The Morgan fingerprint density at radius 1 is 1.33 bits per heavy atom. The lowest BCUT2D eigenvalue weighted by molar-refractivity contribution is -0.537. The third kappa shape index (κ3) is 1.48. The van der Waals surface area contributed by atoms with Crippen LogP contribution in [0.1, 0.15) is 32.6 Å². The summed E-state index contributed by atoms with van der Waals surface area (Å²) in [6.45, 7) is 2.29. The smallest absolute Gasteiger partial charge is 0.0858 e. The zero-order valence-electron chi connectivity index (χ0n) is 9.19. The lowest BCUT2D eigenvalue weighted by atomic mass is 9.83. The molecule has 0 radical (unpaired) electrons. The Kier molecular flexibility index (Phi) is 1.91. The predicted molar refractivity (Wildman–Crippen MR) is 59.5 cm³/mol. The molecule has 0 N–H and O–H groups in total. The molecule has 0 amide bonds. The first-order chi connectivity index (χ1) is 7.27. The predicted octanol–water partition coefficient (Wildman–Crippen LogP) is 3.50. The molecule has 1 aromatic rings. The summed E-state index contributed by atoms with van der Waals surface area (Å²) in [6.07, 6.45) is 5.12. The summed E-state index contributed by atoms with van der Waals surface area (Å²) in [5.41, 5.74) is 1.48. The van der Waals surface area contributed by atoms with Gasteiger partial charge >= 0.3 is 0 Å². The van der Waals surface area contributed by atoms with Gasteiger partial charge in [-0.15, -0.1) is 0 Å². The van der Waals surface area contributed by atoms with Crippen molar-refractivity contribution < 1.29 is 4.70 Å². The van der Waals surface area contributed by atoms with Crippen LogP contribution in [-0.4, -0.2) is 16.3 Å². The van der Waals surface area contributed by atoms with Gasteiger partial charge in [-0.25, -0.2) is 0 Å². The second kappa shape index (κ2) is 3.16. The van der Waals surface area contributed by atoms with Gasteiger partial charge in [0.15, 0.2) is 6.04 Å². The molecule has 1 fully saturated rings. The molecule has 2 aliphatic rings. The standard InChI is InChI=1S/C13H17N2/c1-13-9-5-8-12(10-13)15(14-13)11-6-3-2-4-7-11/h2-4,6-7,12H,5,8-10H2,1H3/q+1/t12-,13-/m0/s1. The van der Waals surface area contributed by atoms with E-state index in [1.54, 1.807) is 0 Å². The zero-order valence-corrected chi connectivity index (χ0v) is 9.19. The van der Waals surface area contributed by atoms with Gasteiger partial charge in [0.05, 0.1) is 0 Å². The summed E-state index contributed by atoms with van der Waals surface area (Å²) in [6, 6.07) is 11.2. The van der Waals surface area contributed by atoms with Gasteiger partial charge in [-0.05, 0) is 24.9 Å². The minimum absolute atomic E-state index is 0.221. The number of hydrogen-bond acceptors (Lipinski definition) is 1. The van der Waals surface area contributed by atoms with Crippen LogP contribution in [0.15, 0.2) is 35.4 Å². The van der Waals surface area contributed by atoms with E-state index in [1.807, 2.05) is 0 Å². The topological polar surface area (TPSA) is 15.4 Å². The van der Waals surface area contributed by atoms with Crippen molar-refractivity contribution in [2.45, 2.75) is 44.2 Å². The Morgan fingerprint density at radius 2 is 2.13 bits per heavy atom. The van der Waals surface area contributed by atoms with Crippen LogP contribution in [0.5, 0.6) is 0 Å². The van der Waals surface area contributed by atoms with Gasteiger partial charge in [-0.1, -0.05) is 22.9 Å². The Hall–Kier alpha value is -1.18. The SMILES string of the molecule is C[C@]12CCC[C@@H](C1)[N+](c1ccccc1)=N2. The van der Waals surface area contributed by atoms with Crippen molar-refractivity contribution in [1.29, 1.82) is 0 Å². The summed E-state index contributed by atoms with van der Waals surface area (Å²) < 4.78 is 2.26. The van der Waals surface area contributed by atoms with Gasteiger partial charge in [0.2, 0.25) is 5.69 Å². The highest BCUT2D eigenvalue weighted by atomic mass is 15.4. The summed E-state index contributed by atoms with van der Waals surface area (Å²) >= 11 is 0. The lowest BCUT2D eigenvalue weighted by Crippen LogP contribution is -2.27. The van der Waals surface area contributed by atoms with E-state index in [9.17, 15) is 0 Å². The largest absolute Gasteiger partial charge is 0.231 e. The third-order valence-electron chi connectivity index (χ3n) is 3.64. The van der Waals surface area contributed by atoms with Crippen molar-refractivity contribution >= 4 is 5.69 Å². The molecule has 0 saturated heterocycles. The van der Waals surface area contributed by atoms with Crippen LogP contribution in [0.25, 0.3) is 0 Å². The first kappa shape index (κ1) is 9.08. The molecule has 15 heavy (non-hydrogen) atoms. The number of rotatable bonds is 1. The number of benzene rings is 1. The van der Waals surface area contributed by atoms with Crippen LogP contribution in [0.2, 0.25) is 0 Å². The Balaban J connectivity index is 2.01. The van der Waals surface area contributed by atoms with Crippen LogP contribution in [0.4, 0.5) is 5.69 Å². The second-order valence-electron chi connectivity index (χ2n) is 5.03. The molecule has 1 aromatic carbocycles. The Morgan fingerprint density at radius 3 is 2.87 bits per heavy atom. The quantitative estimate of drug-likeness (QED) is 0.618. The van der Waals surface area contributed by atoms with Gasteiger partial charge in [-0.3, -0.25) is 0 Å². The molecule has 0 unspecified atom stereocenters. The first-order valence-electron chi connectivity index (χ1n) is 5.84. The van der Waals surface area contributed by atoms with Crippen molar-refractivity contribution in [3.05, 3.63) is 30.3 Å². The summed E-state index contributed by atoms with van der Waals surface area (Å²) in [5, 5.41) is 4.89. The Bertz CT molecular complexity index is 396. The van der Waals surface area contributed by atoms with E-state index in [-0.39, 0.29) is 5.54 Å². The van der Waals surface area contributed by atoms with Gasteiger partial charge in [0, 0.05) is 25.0 Å². The van der Waals surface area contributed by atoms with Crippen molar-refractivity contribution in [1.82, 2.24) is 0 Å². The maximum absolute atomic E-state index is 4.89. The fourth-order valence-corrected chi connectivity index (χ4v) is 2.92. The van der Waals surface area contributed by atoms with E-state index in [4.69, 9.17) is 5.11 Å². The minimum Gasteiger partial charge on any atom is -0.0858 e. The summed E-state index contributed by atoms with van der Waals surface area (Å²) in [4.78, 5) is 0. The Labute approximate surface area is 90.6 Å². The zero-order chi connectivity index (χ0) is 10.3. The number of fused-ring (bicyclic) bond motifs is 2. The molecule has 2 atom stereocenters. The average molecular weight is 201 g/mol. The molecule has 3 rings (SSSR count). The molecular formula is C13H17N2+. The molecule has 78 valence electrons. The van der Waals surface area contributed by atoms with E-state index in [2.05, 4.69) is 42.0 Å². The van der Waals surface area contributed by atoms with E-state index < -0.39 is 0 Å². The van der Waals surface area contributed by atoms with E-state index >= 15 is 0 Å². The lowest BCUT2D eigenvalue weighted by Gasteiger charge is -2.20. The molecule has 2 heteroatoms. The number of nitrogens with zero attached hydrogens (tertiary/aromatic N) is 2. The van der Waals surface area contributed by atoms with E-state index in [0.717, 1.165) is 0 Å². The molecule has 1 aliphatic carbocycles. The molecular weight excluding hydrogens is 184 g/mol. The van der Waals surface area contributed by atoms with Crippen LogP contribution in [-0.2, 0) is 0 Å². The number of para-hydroxylation sites is 1. The van der Waals surface area contributed by atoms with Crippen molar-refractivity contribution in [2.24, 2.45) is 5.11 Å². The highest BCUT2D eigenvalue weighted by Gasteiger charge is 2.47. The molecule has 2 nitrogen and oxygen atoms in total. The molecule has 1 aliphatic heterocycles. The molecule has 0 aromatic heterocycles. The fraction of sp³-hybridized carbons (Fsp3) is 0.538. The van der Waals surface area contributed by atoms with Gasteiger partial charge in [0.25, 0.3) is 0 Å². The van der Waals surface area contributed by atoms with Gasteiger partial charge in [-0.2, -0.15) is 0 Å². The fourth-order valence-electron chi connectivity index (χ4n) is 2.92. The van der Waals surface area contributed by atoms with Gasteiger partial charge < -0.3 is 0 Å². The average Bonchev–Trinajstić information content (AvgIpc) is 2.50. The van der Waals surface area contributed by atoms with Crippen molar-refractivity contribution in [3.8, 4) is 0 Å². The molecule has 0 spiro atoms. The normalized spacial score (nSPS) is 33.9. The number of hydrogen-bond donors (Lipinski definition) is 0. The molecule has 2 bridgehead atoms. The van der Waals surface area contributed by atoms with E-state index in [0.29, 0.717) is 6.04 Å². The van der Waals surface area contributed by atoms with Crippen molar-refractivity contribution in [3.63, 3.8) is 0 Å².